The van der Waals surface area contributed by atoms with Crippen LogP contribution in [-0.2, 0) is 11.2 Å². The van der Waals surface area contributed by atoms with Crippen molar-refractivity contribution in [2.24, 2.45) is 5.84 Å². The lowest BCUT2D eigenvalue weighted by Crippen LogP contribution is -2.33. The number of anilines is 1. The highest BCUT2D eigenvalue weighted by Gasteiger charge is 2.24. The average molecular weight is 162 g/mol. The molecule has 0 saturated carbocycles. The Kier molecular flexibility index (Phi) is 1.41. The standard InChI is InChI=1S/C9H10N2O/c1-6-2-3-7-5-9(12)11(10)8(7)4-6/h2-4H,5,10H2,1H3. The summed E-state index contributed by atoms with van der Waals surface area (Å²) in [4.78, 5) is 11.1. The second kappa shape index (κ2) is 2.32. The zero-order chi connectivity index (χ0) is 8.72. The molecule has 0 aromatic heterocycles. The molecule has 3 nitrogen and oxygen atoms in total. The maximum Gasteiger partial charge on any atom is 0.245 e. The van der Waals surface area contributed by atoms with Crippen LogP contribution in [0.4, 0.5) is 5.69 Å². The van der Waals surface area contributed by atoms with Gasteiger partial charge in [0.25, 0.3) is 0 Å². The molecule has 1 aromatic carbocycles. The number of aryl methyl sites for hydroxylation is 1. The average Bonchev–Trinajstić information content (AvgIpc) is 2.31. The van der Waals surface area contributed by atoms with Gasteiger partial charge in [0.05, 0.1) is 12.1 Å². The number of hydrazine groups is 1. The van der Waals surface area contributed by atoms with Crippen molar-refractivity contribution in [3.05, 3.63) is 29.3 Å². The molecule has 0 atom stereocenters. The Hall–Kier alpha value is -1.35. The Bertz CT molecular complexity index is 346. The fraction of sp³-hybridized carbons (Fsp3) is 0.222. The van der Waals surface area contributed by atoms with Gasteiger partial charge in [-0.3, -0.25) is 4.79 Å². The van der Waals surface area contributed by atoms with E-state index < -0.39 is 0 Å². The summed E-state index contributed by atoms with van der Waals surface area (Å²) in [5.74, 6) is 5.51. The molecule has 12 heavy (non-hydrogen) atoms. The molecule has 2 N–H and O–H groups in total. The molecule has 0 radical (unpaired) electrons. The summed E-state index contributed by atoms with van der Waals surface area (Å²) >= 11 is 0. The highest BCUT2D eigenvalue weighted by Crippen LogP contribution is 2.26. The minimum atomic E-state index is -0.0319. The minimum absolute atomic E-state index is 0.0319. The Labute approximate surface area is 70.8 Å². The molecule has 62 valence electrons. The molecular formula is C9H10N2O. The first-order chi connectivity index (χ1) is 5.68. The number of hydrogen-bond acceptors (Lipinski definition) is 2. The number of amides is 1. The van der Waals surface area contributed by atoms with Gasteiger partial charge < -0.3 is 0 Å². The van der Waals surface area contributed by atoms with E-state index in [-0.39, 0.29) is 5.91 Å². The third kappa shape index (κ3) is 0.905. The van der Waals surface area contributed by atoms with E-state index in [1.165, 1.54) is 5.01 Å². The third-order valence-corrected chi connectivity index (χ3v) is 2.11. The SMILES string of the molecule is Cc1ccc2c(c1)N(N)C(=O)C2. The predicted molar refractivity (Wildman–Crippen MR) is 46.6 cm³/mol. The number of hydrogen-bond donors (Lipinski definition) is 1. The fourth-order valence-electron chi connectivity index (χ4n) is 1.43. The number of rotatable bonds is 0. The molecule has 1 heterocycles. The molecule has 3 heteroatoms. The van der Waals surface area contributed by atoms with E-state index in [2.05, 4.69) is 0 Å². The van der Waals surface area contributed by atoms with Gasteiger partial charge in [0.2, 0.25) is 5.91 Å². The van der Waals surface area contributed by atoms with Crippen LogP contribution in [-0.4, -0.2) is 5.91 Å². The van der Waals surface area contributed by atoms with Crippen molar-refractivity contribution in [3.63, 3.8) is 0 Å². The van der Waals surface area contributed by atoms with E-state index in [0.717, 1.165) is 16.8 Å². The molecule has 0 bridgehead atoms. The Morgan fingerprint density at radius 1 is 1.50 bits per heavy atom. The number of carbonyl (C=O) groups is 1. The summed E-state index contributed by atoms with van der Waals surface area (Å²) in [7, 11) is 0. The molecule has 0 saturated heterocycles. The molecule has 0 aliphatic carbocycles. The van der Waals surface area contributed by atoms with Crippen molar-refractivity contribution in [2.75, 3.05) is 5.01 Å². The molecule has 0 unspecified atom stereocenters. The molecule has 1 aliphatic heterocycles. The third-order valence-electron chi connectivity index (χ3n) is 2.11. The lowest BCUT2D eigenvalue weighted by molar-refractivity contribution is -0.117. The quantitative estimate of drug-likeness (QED) is 0.452. The van der Waals surface area contributed by atoms with Crippen LogP contribution in [0, 0.1) is 6.92 Å². The maximum atomic E-state index is 11.1. The van der Waals surface area contributed by atoms with Crippen LogP contribution < -0.4 is 10.9 Å². The van der Waals surface area contributed by atoms with Crippen LogP contribution in [0.15, 0.2) is 18.2 Å². The summed E-state index contributed by atoms with van der Waals surface area (Å²) in [5.41, 5.74) is 2.99. The van der Waals surface area contributed by atoms with Crippen LogP contribution in [0.5, 0.6) is 0 Å². The van der Waals surface area contributed by atoms with Crippen LogP contribution in [0.1, 0.15) is 11.1 Å². The number of fused-ring (bicyclic) bond motifs is 1. The zero-order valence-electron chi connectivity index (χ0n) is 6.87. The summed E-state index contributed by atoms with van der Waals surface area (Å²) in [5, 5.41) is 1.22. The van der Waals surface area contributed by atoms with Gasteiger partial charge in [-0.15, -0.1) is 0 Å². The Morgan fingerprint density at radius 2 is 2.25 bits per heavy atom. The first-order valence-electron chi connectivity index (χ1n) is 3.85. The minimum Gasteiger partial charge on any atom is -0.273 e. The van der Waals surface area contributed by atoms with Crippen molar-refractivity contribution >= 4 is 11.6 Å². The molecule has 0 fully saturated rings. The van der Waals surface area contributed by atoms with Crippen LogP contribution >= 0.6 is 0 Å². The van der Waals surface area contributed by atoms with E-state index in [0.29, 0.717) is 6.42 Å². The predicted octanol–water partition coefficient (Wildman–Crippen LogP) is 0.758. The van der Waals surface area contributed by atoms with Gasteiger partial charge in [-0.25, -0.2) is 10.9 Å². The van der Waals surface area contributed by atoms with E-state index in [9.17, 15) is 4.79 Å². The van der Waals surface area contributed by atoms with Gasteiger partial charge in [-0.1, -0.05) is 12.1 Å². The van der Waals surface area contributed by atoms with Crippen molar-refractivity contribution in [1.82, 2.24) is 0 Å². The maximum absolute atomic E-state index is 11.1. The van der Waals surface area contributed by atoms with Crippen molar-refractivity contribution in [1.29, 1.82) is 0 Å². The lowest BCUT2D eigenvalue weighted by Gasteiger charge is -2.09. The number of benzene rings is 1. The fourth-order valence-corrected chi connectivity index (χ4v) is 1.43. The summed E-state index contributed by atoms with van der Waals surface area (Å²) in [6.45, 7) is 1.98. The van der Waals surface area contributed by atoms with E-state index in [4.69, 9.17) is 5.84 Å². The lowest BCUT2D eigenvalue weighted by atomic mass is 10.1. The molecule has 1 aliphatic rings. The van der Waals surface area contributed by atoms with Crippen molar-refractivity contribution < 1.29 is 4.79 Å². The summed E-state index contributed by atoms with van der Waals surface area (Å²) in [6.07, 6.45) is 0.437. The highest BCUT2D eigenvalue weighted by molar-refractivity contribution is 6.00. The topological polar surface area (TPSA) is 46.3 Å². The highest BCUT2D eigenvalue weighted by atomic mass is 16.2. The van der Waals surface area contributed by atoms with E-state index in [1.54, 1.807) is 0 Å². The normalized spacial score (nSPS) is 15.2. The summed E-state index contributed by atoms with van der Waals surface area (Å²) < 4.78 is 0. The van der Waals surface area contributed by atoms with Gasteiger partial charge >= 0.3 is 0 Å². The molecule has 0 spiro atoms. The summed E-state index contributed by atoms with van der Waals surface area (Å²) in [6, 6.07) is 5.88. The smallest absolute Gasteiger partial charge is 0.245 e. The Morgan fingerprint density at radius 3 is 3.00 bits per heavy atom. The first kappa shape index (κ1) is 7.31. The first-order valence-corrected chi connectivity index (χ1v) is 3.85. The van der Waals surface area contributed by atoms with Crippen LogP contribution in [0.2, 0.25) is 0 Å². The van der Waals surface area contributed by atoms with Gasteiger partial charge in [0.15, 0.2) is 0 Å². The zero-order valence-corrected chi connectivity index (χ0v) is 6.87. The number of carbonyl (C=O) groups excluding carboxylic acids is 1. The second-order valence-electron chi connectivity index (χ2n) is 3.07. The molecule has 1 amide bonds. The van der Waals surface area contributed by atoms with Gasteiger partial charge in [-0.2, -0.15) is 0 Å². The van der Waals surface area contributed by atoms with Gasteiger partial charge in [0.1, 0.15) is 0 Å². The second-order valence-corrected chi connectivity index (χ2v) is 3.07. The monoisotopic (exact) mass is 162 g/mol. The van der Waals surface area contributed by atoms with Gasteiger partial charge in [0, 0.05) is 0 Å². The molecular weight excluding hydrogens is 152 g/mol. The molecule has 1 aromatic rings. The molecule has 2 rings (SSSR count). The number of nitrogens with zero attached hydrogens (tertiary/aromatic N) is 1. The van der Waals surface area contributed by atoms with E-state index >= 15 is 0 Å². The van der Waals surface area contributed by atoms with Crippen molar-refractivity contribution in [3.8, 4) is 0 Å². The largest absolute Gasteiger partial charge is 0.273 e. The van der Waals surface area contributed by atoms with Crippen LogP contribution in [0.25, 0.3) is 0 Å². The number of nitrogens with two attached hydrogens (primary N) is 1. The van der Waals surface area contributed by atoms with Crippen LogP contribution in [0.3, 0.4) is 0 Å². The Balaban J connectivity index is 2.55. The van der Waals surface area contributed by atoms with Crippen molar-refractivity contribution in [2.45, 2.75) is 13.3 Å². The van der Waals surface area contributed by atoms with Gasteiger partial charge in [-0.05, 0) is 24.1 Å². The van der Waals surface area contributed by atoms with E-state index in [1.807, 2.05) is 25.1 Å².